The summed E-state index contributed by atoms with van der Waals surface area (Å²) in [7, 11) is 1.61. The molecular formula is C18H23ClFN3O3. The van der Waals surface area contributed by atoms with Crippen LogP contribution in [0.5, 0.6) is 0 Å². The minimum Gasteiger partial charge on any atom is -0.350 e. The number of amides is 3. The van der Waals surface area contributed by atoms with Crippen molar-refractivity contribution in [2.24, 2.45) is 5.92 Å². The van der Waals surface area contributed by atoms with Crippen molar-refractivity contribution in [1.29, 1.82) is 0 Å². The molecule has 6 nitrogen and oxygen atoms in total. The van der Waals surface area contributed by atoms with Gasteiger partial charge in [-0.2, -0.15) is 0 Å². The number of anilines is 1. The maximum Gasteiger partial charge on any atom is 0.251 e. The first-order chi connectivity index (χ1) is 12.2. The van der Waals surface area contributed by atoms with Gasteiger partial charge in [-0.1, -0.05) is 31.5 Å². The SMILES string of the molecule is CC(=CC(C(C)C)N(C)C(=O)CNC=O)C(=O)Nc1ccc(F)c(Cl)c1. The Hall–Kier alpha value is -2.41. The summed E-state index contributed by atoms with van der Waals surface area (Å²) in [6.07, 6.45) is 2.14. The van der Waals surface area contributed by atoms with Gasteiger partial charge in [-0.25, -0.2) is 4.39 Å². The highest BCUT2D eigenvalue weighted by Gasteiger charge is 2.22. The summed E-state index contributed by atoms with van der Waals surface area (Å²) in [4.78, 5) is 36.3. The first kappa shape index (κ1) is 21.6. The van der Waals surface area contributed by atoms with Crippen LogP contribution in [0.15, 0.2) is 29.8 Å². The van der Waals surface area contributed by atoms with Gasteiger partial charge in [0.05, 0.1) is 17.6 Å². The van der Waals surface area contributed by atoms with Gasteiger partial charge in [0.1, 0.15) is 5.82 Å². The Kier molecular flexibility index (Phi) is 8.25. The van der Waals surface area contributed by atoms with Gasteiger partial charge in [0.25, 0.3) is 5.91 Å². The number of hydrogen-bond donors (Lipinski definition) is 2. The largest absolute Gasteiger partial charge is 0.350 e. The summed E-state index contributed by atoms with van der Waals surface area (Å²) in [5, 5.41) is 4.88. The molecule has 0 aliphatic heterocycles. The molecule has 0 spiro atoms. The molecular weight excluding hydrogens is 361 g/mol. The van der Waals surface area contributed by atoms with E-state index in [9.17, 15) is 18.8 Å². The monoisotopic (exact) mass is 383 g/mol. The molecule has 0 aromatic heterocycles. The van der Waals surface area contributed by atoms with Crippen molar-refractivity contribution in [2.75, 3.05) is 18.9 Å². The second-order valence-electron chi connectivity index (χ2n) is 6.17. The van der Waals surface area contributed by atoms with E-state index in [1.165, 1.54) is 23.1 Å². The summed E-state index contributed by atoms with van der Waals surface area (Å²) in [5.41, 5.74) is 0.766. The summed E-state index contributed by atoms with van der Waals surface area (Å²) < 4.78 is 13.2. The van der Waals surface area contributed by atoms with Crippen molar-refractivity contribution in [1.82, 2.24) is 10.2 Å². The van der Waals surface area contributed by atoms with Gasteiger partial charge in [-0.15, -0.1) is 0 Å². The Morgan fingerprint density at radius 3 is 2.54 bits per heavy atom. The predicted molar refractivity (Wildman–Crippen MR) is 99.3 cm³/mol. The molecule has 1 rings (SSSR count). The predicted octanol–water partition coefficient (Wildman–Crippen LogP) is 2.59. The minimum atomic E-state index is -0.569. The fraction of sp³-hybridized carbons (Fsp3) is 0.389. The Labute approximate surface area is 157 Å². The van der Waals surface area contributed by atoms with Crippen molar-refractivity contribution in [3.05, 3.63) is 40.7 Å². The number of benzene rings is 1. The van der Waals surface area contributed by atoms with Crippen molar-refractivity contribution < 1.29 is 18.8 Å². The maximum atomic E-state index is 13.2. The molecule has 0 aliphatic rings. The summed E-state index contributed by atoms with van der Waals surface area (Å²) >= 11 is 5.71. The van der Waals surface area contributed by atoms with Crippen molar-refractivity contribution >= 4 is 35.5 Å². The van der Waals surface area contributed by atoms with Crippen LogP contribution in [0.4, 0.5) is 10.1 Å². The molecule has 1 atom stereocenters. The van der Waals surface area contributed by atoms with Gasteiger partial charge in [-0.3, -0.25) is 14.4 Å². The van der Waals surface area contributed by atoms with Crippen LogP contribution < -0.4 is 10.6 Å². The third kappa shape index (κ3) is 6.15. The van der Waals surface area contributed by atoms with Crippen LogP contribution in [-0.2, 0) is 14.4 Å². The van der Waals surface area contributed by atoms with E-state index in [-0.39, 0.29) is 35.3 Å². The Morgan fingerprint density at radius 2 is 2.00 bits per heavy atom. The van der Waals surface area contributed by atoms with Gasteiger partial charge in [0.2, 0.25) is 12.3 Å². The first-order valence-corrected chi connectivity index (χ1v) is 8.42. The maximum absolute atomic E-state index is 13.2. The van der Waals surface area contributed by atoms with E-state index in [0.717, 1.165) is 0 Å². The average Bonchev–Trinajstić information content (AvgIpc) is 2.59. The van der Waals surface area contributed by atoms with Gasteiger partial charge in [0.15, 0.2) is 0 Å². The standard InChI is InChI=1S/C18H23ClFN3O3/c1-11(2)16(23(4)17(25)9-21-10-24)7-12(3)18(26)22-13-5-6-15(20)14(19)8-13/h5-8,10-11,16H,9H2,1-4H3,(H,21,24)(H,22,26). The lowest BCUT2D eigenvalue weighted by Gasteiger charge is -2.29. The molecule has 0 heterocycles. The molecule has 1 unspecified atom stereocenters. The van der Waals surface area contributed by atoms with Crippen LogP contribution in [0.25, 0.3) is 0 Å². The quantitative estimate of drug-likeness (QED) is 0.535. The zero-order chi connectivity index (χ0) is 19.9. The third-order valence-corrected chi connectivity index (χ3v) is 4.11. The van der Waals surface area contributed by atoms with Crippen molar-refractivity contribution in [3.8, 4) is 0 Å². The molecule has 0 radical (unpaired) electrons. The number of hydrogen-bond acceptors (Lipinski definition) is 3. The summed E-state index contributed by atoms with van der Waals surface area (Å²) in [6, 6.07) is 3.56. The molecule has 0 fully saturated rings. The Bertz CT molecular complexity index is 707. The van der Waals surface area contributed by atoms with Crippen molar-refractivity contribution in [2.45, 2.75) is 26.8 Å². The molecule has 0 bridgehead atoms. The zero-order valence-electron chi connectivity index (χ0n) is 15.2. The minimum absolute atomic E-state index is 0.0446. The van der Waals surface area contributed by atoms with Crippen LogP contribution in [0.2, 0.25) is 5.02 Å². The van der Waals surface area contributed by atoms with Crippen LogP contribution in [0.1, 0.15) is 20.8 Å². The average molecular weight is 384 g/mol. The lowest BCUT2D eigenvalue weighted by atomic mass is 9.99. The molecule has 0 saturated carbocycles. The van der Waals surface area contributed by atoms with E-state index >= 15 is 0 Å². The second-order valence-corrected chi connectivity index (χ2v) is 6.58. The molecule has 142 valence electrons. The number of carbonyl (C=O) groups is 3. The van der Waals surface area contributed by atoms with Gasteiger partial charge >= 0.3 is 0 Å². The van der Waals surface area contributed by atoms with E-state index in [0.29, 0.717) is 17.7 Å². The smallest absolute Gasteiger partial charge is 0.251 e. The zero-order valence-corrected chi connectivity index (χ0v) is 15.9. The highest BCUT2D eigenvalue weighted by Crippen LogP contribution is 2.20. The molecule has 1 aromatic carbocycles. The third-order valence-electron chi connectivity index (χ3n) is 3.82. The van der Waals surface area contributed by atoms with Gasteiger partial charge < -0.3 is 15.5 Å². The lowest BCUT2D eigenvalue weighted by molar-refractivity contribution is -0.132. The van der Waals surface area contributed by atoms with Gasteiger partial charge in [-0.05, 0) is 31.0 Å². The summed E-state index contributed by atoms with van der Waals surface area (Å²) in [5.74, 6) is -1.18. The van der Waals surface area contributed by atoms with Gasteiger partial charge in [0, 0.05) is 18.3 Å². The molecule has 26 heavy (non-hydrogen) atoms. The molecule has 8 heteroatoms. The van der Waals surface area contributed by atoms with E-state index in [1.807, 2.05) is 13.8 Å². The number of likely N-dealkylation sites (N-methyl/N-ethyl adjacent to an activating group) is 1. The molecule has 3 amide bonds. The molecule has 2 N–H and O–H groups in total. The van der Waals surface area contributed by atoms with E-state index in [2.05, 4.69) is 10.6 Å². The van der Waals surface area contributed by atoms with E-state index < -0.39 is 5.82 Å². The number of nitrogens with one attached hydrogen (secondary N) is 2. The van der Waals surface area contributed by atoms with Crippen molar-refractivity contribution in [3.63, 3.8) is 0 Å². The van der Waals surface area contributed by atoms with E-state index in [4.69, 9.17) is 11.6 Å². The number of nitrogens with zero attached hydrogens (tertiary/aromatic N) is 1. The highest BCUT2D eigenvalue weighted by atomic mass is 35.5. The Morgan fingerprint density at radius 1 is 1.35 bits per heavy atom. The number of halogens is 2. The number of carbonyl (C=O) groups excluding carboxylic acids is 3. The fourth-order valence-electron chi connectivity index (χ4n) is 2.31. The van der Waals surface area contributed by atoms with Crippen LogP contribution in [0, 0.1) is 11.7 Å². The van der Waals surface area contributed by atoms with Crippen LogP contribution in [0.3, 0.4) is 0 Å². The van der Waals surface area contributed by atoms with E-state index in [1.54, 1.807) is 20.0 Å². The molecule has 0 aliphatic carbocycles. The van der Waals surface area contributed by atoms with Crippen LogP contribution >= 0.6 is 11.6 Å². The normalized spacial score (nSPS) is 12.5. The number of rotatable bonds is 8. The molecule has 0 saturated heterocycles. The second kappa shape index (κ2) is 9.91. The summed E-state index contributed by atoms with van der Waals surface area (Å²) in [6.45, 7) is 5.35. The Balaban J connectivity index is 2.90. The van der Waals surface area contributed by atoms with Crippen LogP contribution in [-0.4, -0.2) is 42.8 Å². The first-order valence-electron chi connectivity index (χ1n) is 8.04. The topological polar surface area (TPSA) is 78.5 Å². The fourth-order valence-corrected chi connectivity index (χ4v) is 2.49. The lowest BCUT2D eigenvalue weighted by Crippen LogP contribution is -2.43. The molecule has 1 aromatic rings. The highest BCUT2D eigenvalue weighted by molar-refractivity contribution is 6.31.